The van der Waals surface area contributed by atoms with Crippen LogP contribution in [0.25, 0.3) is 0 Å². The first-order valence-corrected chi connectivity index (χ1v) is 10.2. The predicted molar refractivity (Wildman–Crippen MR) is 113 cm³/mol. The standard InChI is InChI=1S/C22H21N3O2S/c26-21(9-12-23-22(27)17-11-14-28-15-17)24-18-6-2-4-8-20(18)25-13-10-16-5-1-3-7-19(16)25/h1-8,11,14-15H,9-10,12-13H2,(H,23,27)(H,24,26). The van der Waals surface area contributed by atoms with E-state index < -0.39 is 0 Å². The molecule has 2 N–H and O–H groups in total. The first kappa shape index (κ1) is 18.3. The van der Waals surface area contributed by atoms with Crippen LogP contribution >= 0.6 is 11.3 Å². The highest BCUT2D eigenvalue weighted by atomic mass is 32.1. The topological polar surface area (TPSA) is 61.4 Å². The van der Waals surface area contributed by atoms with Crippen LogP contribution in [0.4, 0.5) is 17.1 Å². The van der Waals surface area contributed by atoms with E-state index in [9.17, 15) is 9.59 Å². The molecule has 28 heavy (non-hydrogen) atoms. The van der Waals surface area contributed by atoms with Crippen LogP contribution in [0.5, 0.6) is 0 Å². The Morgan fingerprint density at radius 2 is 1.79 bits per heavy atom. The number of benzene rings is 2. The van der Waals surface area contributed by atoms with E-state index in [1.807, 2.05) is 35.7 Å². The summed E-state index contributed by atoms with van der Waals surface area (Å²) in [6.07, 6.45) is 1.22. The molecule has 0 radical (unpaired) electrons. The number of amides is 2. The van der Waals surface area contributed by atoms with Crippen molar-refractivity contribution < 1.29 is 9.59 Å². The summed E-state index contributed by atoms with van der Waals surface area (Å²) < 4.78 is 0. The quantitative estimate of drug-likeness (QED) is 0.662. The van der Waals surface area contributed by atoms with E-state index >= 15 is 0 Å². The summed E-state index contributed by atoms with van der Waals surface area (Å²) in [6.45, 7) is 1.19. The van der Waals surface area contributed by atoms with E-state index in [2.05, 4.69) is 33.7 Å². The molecule has 0 atom stereocenters. The number of carbonyl (C=O) groups excluding carboxylic acids is 2. The molecule has 0 aliphatic carbocycles. The molecule has 2 aromatic carbocycles. The lowest BCUT2D eigenvalue weighted by molar-refractivity contribution is -0.116. The summed E-state index contributed by atoms with van der Waals surface area (Å²) >= 11 is 1.47. The van der Waals surface area contributed by atoms with Crippen LogP contribution in [0, 0.1) is 0 Å². The molecule has 1 aliphatic heterocycles. The molecule has 0 unspecified atom stereocenters. The summed E-state index contributed by atoms with van der Waals surface area (Å²) in [4.78, 5) is 26.6. The highest BCUT2D eigenvalue weighted by Crippen LogP contribution is 2.38. The molecule has 2 heterocycles. The Hall–Kier alpha value is -3.12. The van der Waals surface area contributed by atoms with Crippen molar-refractivity contribution in [2.45, 2.75) is 12.8 Å². The zero-order chi connectivity index (χ0) is 19.3. The van der Waals surface area contributed by atoms with Crippen molar-refractivity contribution in [1.82, 2.24) is 5.32 Å². The highest BCUT2D eigenvalue weighted by Gasteiger charge is 2.22. The van der Waals surface area contributed by atoms with Crippen LogP contribution < -0.4 is 15.5 Å². The van der Waals surface area contributed by atoms with Crippen molar-refractivity contribution in [3.8, 4) is 0 Å². The third-order valence-corrected chi connectivity index (χ3v) is 5.46. The van der Waals surface area contributed by atoms with Gasteiger partial charge in [-0.3, -0.25) is 9.59 Å². The minimum absolute atomic E-state index is 0.120. The number of thiophene rings is 1. The second kappa shape index (κ2) is 8.27. The van der Waals surface area contributed by atoms with Crippen LogP contribution in [0.15, 0.2) is 65.4 Å². The summed E-state index contributed by atoms with van der Waals surface area (Å²) in [5.41, 5.74) is 4.91. The Labute approximate surface area is 168 Å². The lowest BCUT2D eigenvalue weighted by Gasteiger charge is -2.23. The molecule has 5 nitrogen and oxygen atoms in total. The summed E-state index contributed by atoms with van der Waals surface area (Å²) in [6, 6.07) is 18.0. The fourth-order valence-corrected chi connectivity index (χ4v) is 4.04. The number of para-hydroxylation sites is 3. The fourth-order valence-electron chi connectivity index (χ4n) is 3.40. The highest BCUT2D eigenvalue weighted by molar-refractivity contribution is 7.08. The molecule has 0 spiro atoms. The second-order valence-electron chi connectivity index (χ2n) is 6.61. The van der Waals surface area contributed by atoms with Crippen molar-refractivity contribution in [1.29, 1.82) is 0 Å². The summed E-state index contributed by atoms with van der Waals surface area (Å²) in [5, 5.41) is 9.43. The average molecular weight is 391 g/mol. The number of nitrogens with one attached hydrogen (secondary N) is 2. The van der Waals surface area contributed by atoms with Crippen LogP contribution in [0.3, 0.4) is 0 Å². The van der Waals surface area contributed by atoms with Crippen molar-refractivity contribution in [2.24, 2.45) is 0 Å². The molecule has 0 saturated heterocycles. The lowest BCUT2D eigenvalue weighted by Crippen LogP contribution is -2.27. The Morgan fingerprint density at radius 3 is 2.61 bits per heavy atom. The number of hydrogen-bond acceptors (Lipinski definition) is 4. The number of fused-ring (bicyclic) bond motifs is 1. The minimum atomic E-state index is -0.150. The van der Waals surface area contributed by atoms with Gasteiger partial charge in [-0.05, 0) is 41.6 Å². The number of rotatable bonds is 6. The normalized spacial score (nSPS) is 12.5. The third kappa shape index (κ3) is 3.92. The van der Waals surface area contributed by atoms with Crippen molar-refractivity contribution in [3.63, 3.8) is 0 Å². The first-order valence-electron chi connectivity index (χ1n) is 9.27. The summed E-state index contributed by atoms with van der Waals surface area (Å²) in [7, 11) is 0. The molecule has 0 saturated carbocycles. The third-order valence-electron chi connectivity index (χ3n) is 4.78. The largest absolute Gasteiger partial charge is 0.351 e. The van der Waals surface area contributed by atoms with Crippen molar-refractivity contribution in [3.05, 3.63) is 76.5 Å². The van der Waals surface area contributed by atoms with Gasteiger partial charge in [-0.1, -0.05) is 30.3 Å². The van der Waals surface area contributed by atoms with Gasteiger partial charge in [0, 0.05) is 36.1 Å². The van der Waals surface area contributed by atoms with Crippen molar-refractivity contribution >= 4 is 40.2 Å². The molecule has 6 heteroatoms. The van der Waals surface area contributed by atoms with Gasteiger partial charge in [-0.15, -0.1) is 0 Å². The van der Waals surface area contributed by atoms with Gasteiger partial charge in [-0.25, -0.2) is 0 Å². The van der Waals surface area contributed by atoms with Crippen LogP contribution in [0.2, 0.25) is 0 Å². The van der Waals surface area contributed by atoms with Gasteiger partial charge in [0.2, 0.25) is 5.91 Å². The van der Waals surface area contributed by atoms with Gasteiger partial charge in [0.25, 0.3) is 5.91 Å². The Morgan fingerprint density at radius 1 is 1.00 bits per heavy atom. The van der Waals surface area contributed by atoms with E-state index in [0.29, 0.717) is 12.1 Å². The average Bonchev–Trinajstić information content (AvgIpc) is 3.38. The maximum atomic E-state index is 12.4. The molecule has 142 valence electrons. The molecule has 0 fully saturated rings. The molecule has 0 bridgehead atoms. The van der Waals surface area contributed by atoms with Gasteiger partial charge in [-0.2, -0.15) is 11.3 Å². The molecular formula is C22H21N3O2S. The van der Waals surface area contributed by atoms with Crippen LogP contribution in [-0.2, 0) is 11.2 Å². The van der Waals surface area contributed by atoms with E-state index in [1.165, 1.54) is 22.6 Å². The zero-order valence-electron chi connectivity index (χ0n) is 15.4. The van der Waals surface area contributed by atoms with E-state index in [0.717, 1.165) is 24.3 Å². The molecule has 2 amide bonds. The first-order chi connectivity index (χ1) is 13.7. The van der Waals surface area contributed by atoms with Gasteiger partial charge in [0.1, 0.15) is 0 Å². The van der Waals surface area contributed by atoms with E-state index in [-0.39, 0.29) is 18.2 Å². The molecule has 3 aromatic rings. The van der Waals surface area contributed by atoms with Gasteiger partial charge in [0.15, 0.2) is 0 Å². The number of hydrogen-bond donors (Lipinski definition) is 2. The van der Waals surface area contributed by atoms with Crippen LogP contribution in [0.1, 0.15) is 22.3 Å². The Balaban J connectivity index is 1.39. The Bertz CT molecular complexity index is 985. The van der Waals surface area contributed by atoms with Crippen molar-refractivity contribution in [2.75, 3.05) is 23.3 Å². The Kier molecular flexibility index (Phi) is 5.39. The maximum absolute atomic E-state index is 12.4. The lowest BCUT2D eigenvalue weighted by atomic mass is 10.1. The SMILES string of the molecule is O=C(CCNC(=O)c1ccsc1)Nc1ccccc1N1CCc2ccccc21. The summed E-state index contributed by atoms with van der Waals surface area (Å²) in [5.74, 6) is -0.270. The number of anilines is 3. The molecule has 1 aromatic heterocycles. The van der Waals surface area contributed by atoms with Gasteiger partial charge < -0.3 is 15.5 Å². The number of carbonyl (C=O) groups is 2. The van der Waals surface area contributed by atoms with E-state index in [4.69, 9.17) is 0 Å². The smallest absolute Gasteiger partial charge is 0.252 e. The van der Waals surface area contributed by atoms with Gasteiger partial charge >= 0.3 is 0 Å². The molecule has 4 rings (SSSR count). The zero-order valence-corrected chi connectivity index (χ0v) is 16.2. The molecular weight excluding hydrogens is 370 g/mol. The monoisotopic (exact) mass is 391 g/mol. The second-order valence-corrected chi connectivity index (χ2v) is 7.39. The predicted octanol–water partition coefficient (Wildman–Crippen LogP) is 4.20. The molecule has 1 aliphatic rings. The maximum Gasteiger partial charge on any atom is 0.252 e. The number of nitrogens with zero attached hydrogens (tertiary/aromatic N) is 1. The van der Waals surface area contributed by atoms with Crippen LogP contribution in [-0.4, -0.2) is 24.9 Å². The van der Waals surface area contributed by atoms with E-state index in [1.54, 1.807) is 11.4 Å². The minimum Gasteiger partial charge on any atom is -0.351 e. The fraction of sp³-hybridized carbons (Fsp3) is 0.182. The van der Waals surface area contributed by atoms with Gasteiger partial charge in [0.05, 0.1) is 11.4 Å².